The average molecular weight is 265 g/mol. The lowest BCUT2D eigenvalue weighted by Gasteiger charge is -2.09. The van der Waals surface area contributed by atoms with Crippen molar-refractivity contribution in [3.63, 3.8) is 0 Å². The summed E-state index contributed by atoms with van der Waals surface area (Å²) in [5.74, 6) is 0.211. The minimum Gasteiger partial charge on any atom is -0.477 e. The van der Waals surface area contributed by atoms with Crippen LogP contribution in [0.1, 0.15) is 43.7 Å². The zero-order valence-electron chi connectivity index (χ0n) is 12.5. The van der Waals surface area contributed by atoms with Gasteiger partial charge in [-0.05, 0) is 23.7 Å². The van der Waals surface area contributed by atoms with Gasteiger partial charge in [0.05, 0.1) is 5.69 Å². The number of nitrogens with zero attached hydrogens (tertiary/aromatic N) is 2. The van der Waals surface area contributed by atoms with E-state index >= 15 is 0 Å². The lowest BCUT2D eigenvalue weighted by Crippen LogP contribution is -2.13. The first kappa shape index (κ1) is 13.9. The molecule has 1 heterocycles. The lowest BCUT2D eigenvalue weighted by atomic mass is 10.0. The fourth-order valence-corrected chi connectivity index (χ4v) is 3.16. The Kier molecular flexibility index (Phi) is 2.92. The van der Waals surface area contributed by atoms with E-state index in [1.165, 1.54) is 0 Å². The summed E-state index contributed by atoms with van der Waals surface area (Å²) in [6.45, 7) is 11.5. The van der Waals surface area contributed by atoms with Gasteiger partial charge in [0.25, 0.3) is 0 Å². The summed E-state index contributed by atoms with van der Waals surface area (Å²) in [5.41, 5.74) is 1.40. The molecule has 0 bridgehead atoms. The summed E-state index contributed by atoms with van der Waals surface area (Å²) >= 11 is 0. The molecule has 0 amide bonds. The van der Waals surface area contributed by atoms with Gasteiger partial charge in [-0.3, -0.25) is 4.68 Å². The van der Waals surface area contributed by atoms with Crippen LogP contribution in [-0.4, -0.2) is 27.4 Å². The number of carbonyl (C=O) groups is 1. The van der Waals surface area contributed by atoms with E-state index in [2.05, 4.69) is 38.1 Å². The highest BCUT2D eigenvalue weighted by atomic mass is 16.4. The summed E-state index contributed by atoms with van der Waals surface area (Å²) in [6.07, 6.45) is 0. The van der Waals surface area contributed by atoms with Crippen molar-refractivity contribution in [2.45, 2.75) is 34.6 Å². The molecule has 2 rings (SSSR count). The standard InChI is InChI=1S/C14H23N3O2/c1-8-10(12(18)19)11(17(6)16-8)15-7-9-13(2,3)14(9,4)5/h9,15H,7H2,1-6H3,(H,18,19). The summed E-state index contributed by atoms with van der Waals surface area (Å²) in [4.78, 5) is 11.3. The van der Waals surface area contributed by atoms with Gasteiger partial charge in [-0.25, -0.2) is 4.79 Å². The second-order valence-corrected chi connectivity index (χ2v) is 6.61. The van der Waals surface area contributed by atoms with Crippen molar-refractivity contribution in [3.05, 3.63) is 11.3 Å². The van der Waals surface area contributed by atoms with E-state index in [1.807, 2.05) is 0 Å². The number of carboxylic acids is 1. The number of nitrogens with one attached hydrogen (secondary N) is 1. The third kappa shape index (κ3) is 1.91. The molecule has 1 aromatic rings. The highest BCUT2D eigenvalue weighted by molar-refractivity contribution is 5.94. The Bertz CT molecular complexity index is 515. The Morgan fingerprint density at radius 1 is 1.37 bits per heavy atom. The predicted molar refractivity (Wildman–Crippen MR) is 74.4 cm³/mol. The summed E-state index contributed by atoms with van der Waals surface area (Å²) in [5, 5.41) is 16.7. The Hall–Kier alpha value is -1.52. The second-order valence-electron chi connectivity index (χ2n) is 6.61. The average Bonchev–Trinajstić information content (AvgIpc) is 2.49. The number of aromatic nitrogens is 2. The molecule has 106 valence electrons. The van der Waals surface area contributed by atoms with Gasteiger partial charge in [0.1, 0.15) is 11.4 Å². The molecule has 1 fully saturated rings. The van der Waals surface area contributed by atoms with E-state index in [4.69, 9.17) is 0 Å². The molecule has 0 radical (unpaired) electrons. The maximum atomic E-state index is 11.3. The van der Waals surface area contributed by atoms with Crippen molar-refractivity contribution in [2.24, 2.45) is 23.8 Å². The first-order valence-electron chi connectivity index (χ1n) is 6.61. The minimum absolute atomic E-state index is 0.277. The van der Waals surface area contributed by atoms with E-state index in [9.17, 15) is 9.90 Å². The van der Waals surface area contributed by atoms with Crippen molar-refractivity contribution >= 4 is 11.8 Å². The van der Waals surface area contributed by atoms with Crippen LogP contribution in [0.25, 0.3) is 0 Å². The molecular weight excluding hydrogens is 242 g/mol. The van der Waals surface area contributed by atoms with Gasteiger partial charge in [-0.15, -0.1) is 0 Å². The first-order valence-corrected chi connectivity index (χ1v) is 6.61. The van der Waals surface area contributed by atoms with E-state index in [0.29, 0.717) is 17.4 Å². The largest absolute Gasteiger partial charge is 0.477 e. The zero-order valence-corrected chi connectivity index (χ0v) is 12.5. The maximum absolute atomic E-state index is 11.3. The predicted octanol–water partition coefficient (Wildman–Crippen LogP) is 2.52. The van der Waals surface area contributed by atoms with Gasteiger partial charge < -0.3 is 10.4 Å². The molecule has 1 saturated carbocycles. The van der Waals surface area contributed by atoms with E-state index < -0.39 is 5.97 Å². The van der Waals surface area contributed by atoms with Gasteiger partial charge in [0.2, 0.25) is 0 Å². The summed E-state index contributed by atoms with van der Waals surface area (Å²) < 4.78 is 1.61. The Morgan fingerprint density at radius 2 is 1.89 bits per heavy atom. The normalized spacial score (nSPS) is 20.3. The molecule has 0 aromatic carbocycles. The number of aromatic carboxylic acids is 1. The molecule has 0 atom stereocenters. The number of aryl methyl sites for hydroxylation is 2. The van der Waals surface area contributed by atoms with Crippen molar-refractivity contribution in [1.29, 1.82) is 0 Å². The third-order valence-electron chi connectivity index (χ3n) is 5.23. The maximum Gasteiger partial charge on any atom is 0.341 e. The Balaban J connectivity index is 2.16. The molecule has 0 spiro atoms. The number of hydrogen-bond donors (Lipinski definition) is 2. The van der Waals surface area contributed by atoms with Gasteiger partial charge in [-0.2, -0.15) is 5.10 Å². The molecule has 5 heteroatoms. The summed E-state index contributed by atoms with van der Waals surface area (Å²) in [7, 11) is 1.77. The van der Waals surface area contributed by atoms with Crippen LogP contribution in [0.2, 0.25) is 0 Å². The van der Waals surface area contributed by atoms with Crippen LogP contribution in [0.15, 0.2) is 0 Å². The molecule has 1 aliphatic rings. The molecule has 19 heavy (non-hydrogen) atoms. The molecule has 0 unspecified atom stereocenters. The van der Waals surface area contributed by atoms with Gasteiger partial charge >= 0.3 is 5.97 Å². The molecule has 1 aliphatic carbocycles. The highest BCUT2D eigenvalue weighted by Gasteiger charge is 2.64. The fraction of sp³-hybridized carbons (Fsp3) is 0.714. The number of carboxylic acid groups (broad SMARTS) is 1. The molecule has 1 aromatic heterocycles. The van der Waals surface area contributed by atoms with E-state index in [1.54, 1.807) is 18.7 Å². The van der Waals surface area contributed by atoms with Gasteiger partial charge in [0, 0.05) is 13.6 Å². The van der Waals surface area contributed by atoms with Crippen LogP contribution in [0, 0.1) is 23.7 Å². The van der Waals surface area contributed by atoms with Gasteiger partial charge in [0.15, 0.2) is 0 Å². The number of anilines is 1. The smallest absolute Gasteiger partial charge is 0.341 e. The van der Waals surface area contributed by atoms with Crippen LogP contribution >= 0.6 is 0 Å². The van der Waals surface area contributed by atoms with Crippen molar-refractivity contribution in [3.8, 4) is 0 Å². The van der Waals surface area contributed by atoms with Crippen molar-refractivity contribution in [1.82, 2.24) is 9.78 Å². The van der Waals surface area contributed by atoms with Gasteiger partial charge in [-0.1, -0.05) is 27.7 Å². The highest BCUT2D eigenvalue weighted by Crippen LogP contribution is 2.68. The van der Waals surface area contributed by atoms with Crippen LogP contribution in [0.4, 0.5) is 5.82 Å². The Labute approximate surface area is 114 Å². The first-order chi connectivity index (χ1) is 8.60. The lowest BCUT2D eigenvalue weighted by molar-refractivity contribution is 0.0697. The van der Waals surface area contributed by atoms with Crippen molar-refractivity contribution < 1.29 is 9.90 Å². The molecule has 2 N–H and O–H groups in total. The Morgan fingerprint density at radius 3 is 2.32 bits per heavy atom. The molecular formula is C14H23N3O2. The van der Waals surface area contributed by atoms with Crippen LogP contribution < -0.4 is 5.32 Å². The monoisotopic (exact) mass is 265 g/mol. The van der Waals surface area contributed by atoms with Crippen LogP contribution in [-0.2, 0) is 7.05 Å². The van der Waals surface area contributed by atoms with E-state index in [-0.39, 0.29) is 16.4 Å². The molecule has 0 aliphatic heterocycles. The topological polar surface area (TPSA) is 67.2 Å². The SMILES string of the molecule is Cc1nn(C)c(NCC2C(C)(C)C2(C)C)c1C(=O)O. The third-order valence-corrected chi connectivity index (χ3v) is 5.23. The summed E-state index contributed by atoms with van der Waals surface area (Å²) in [6, 6.07) is 0. The number of hydrogen-bond acceptors (Lipinski definition) is 3. The zero-order chi connectivity index (χ0) is 14.6. The van der Waals surface area contributed by atoms with Crippen LogP contribution in [0.5, 0.6) is 0 Å². The number of rotatable bonds is 4. The van der Waals surface area contributed by atoms with Crippen LogP contribution in [0.3, 0.4) is 0 Å². The minimum atomic E-state index is -0.928. The quantitative estimate of drug-likeness (QED) is 0.878. The fourth-order valence-electron chi connectivity index (χ4n) is 3.16. The second kappa shape index (κ2) is 3.99. The van der Waals surface area contributed by atoms with Crippen molar-refractivity contribution in [2.75, 3.05) is 11.9 Å². The molecule has 5 nitrogen and oxygen atoms in total. The van der Waals surface area contributed by atoms with E-state index in [0.717, 1.165) is 6.54 Å². The molecule has 0 saturated heterocycles.